The number of benzene rings is 2. The number of aromatic nitrogens is 2. The molecule has 0 atom stereocenters. The second kappa shape index (κ2) is 8.86. The minimum absolute atomic E-state index is 0.137. The first kappa shape index (κ1) is 19.1. The Balaban J connectivity index is 1.38. The second-order valence-corrected chi connectivity index (χ2v) is 7.48. The third-order valence-electron chi connectivity index (χ3n) is 5.26. The lowest BCUT2D eigenvalue weighted by atomic mass is 10.0. The van der Waals surface area contributed by atoms with E-state index in [0.29, 0.717) is 18.2 Å². The van der Waals surface area contributed by atoms with E-state index in [1.54, 1.807) is 6.07 Å². The average molecular weight is 386 g/mol. The molecule has 2 aromatic carbocycles. The molecule has 1 N–H and O–H groups in total. The summed E-state index contributed by atoms with van der Waals surface area (Å²) in [6, 6.07) is 20.5. The molecule has 0 radical (unpaired) electrons. The number of fused-ring (bicyclic) bond motifs is 1. The van der Waals surface area contributed by atoms with Gasteiger partial charge in [0.2, 0.25) is 5.95 Å². The summed E-state index contributed by atoms with van der Waals surface area (Å²) in [5.41, 5.74) is 5.21. The molecule has 1 amide bonds. The van der Waals surface area contributed by atoms with Gasteiger partial charge in [-0.1, -0.05) is 54.6 Å². The first-order chi connectivity index (χ1) is 14.2. The third-order valence-corrected chi connectivity index (χ3v) is 5.26. The summed E-state index contributed by atoms with van der Waals surface area (Å²) in [5, 5.41) is 2.99. The molecule has 4 rings (SSSR count). The molecule has 0 unspecified atom stereocenters. The monoisotopic (exact) mass is 386 g/mol. The first-order valence-corrected chi connectivity index (χ1v) is 10.2. The number of hydrogen-bond acceptors (Lipinski definition) is 4. The number of rotatable bonds is 6. The fraction of sp³-hybridized carbons (Fsp3) is 0.292. The zero-order valence-electron chi connectivity index (χ0n) is 16.8. The van der Waals surface area contributed by atoms with E-state index in [2.05, 4.69) is 56.6 Å². The molecule has 0 aliphatic carbocycles. The van der Waals surface area contributed by atoms with Crippen molar-refractivity contribution in [2.75, 3.05) is 18.0 Å². The third kappa shape index (κ3) is 4.80. The lowest BCUT2D eigenvalue weighted by molar-refractivity contribution is 0.0948. The lowest BCUT2D eigenvalue weighted by Gasteiger charge is -2.29. The van der Waals surface area contributed by atoms with Gasteiger partial charge in [0, 0.05) is 25.3 Å². The molecule has 5 heteroatoms. The van der Waals surface area contributed by atoms with Crippen LogP contribution in [0.2, 0.25) is 0 Å². The molecule has 0 bridgehead atoms. The number of hydrogen-bond donors (Lipinski definition) is 1. The fourth-order valence-electron chi connectivity index (χ4n) is 3.71. The first-order valence-electron chi connectivity index (χ1n) is 10.2. The van der Waals surface area contributed by atoms with Gasteiger partial charge in [-0.25, -0.2) is 9.97 Å². The standard InChI is InChI=1S/C24H26N4O/c1-18-16-22(23(29)25-14-7-10-19-8-3-2-4-9-19)27-24(26-18)28-15-13-20-11-5-6-12-21(20)17-28/h2-6,8-9,11-12,16H,7,10,13-15,17H2,1H3,(H,25,29). The minimum atomic E-state index is -0.137. The van der Waals surface area contributed by atoms with Crippen molar-refractivity contribution in [2.45, 2.75) is 32.7 Å². The van der Waals surface area contributed by atoms with E-state index >= 15 is 0 Å². The fourth-order valence-corrected chi connectivity index (χ4v) is 3.71. The molecular weight excluding hydrogens is 360 g/mol. The predicted molar refractivity (Wildman–Crippen MR) is 115 cm³/mol. The van der Waals surface area contributed by atoms with Crippen LogP contribution in [0, 0.1) is 6.92 Å². The van der Waals surface area contributed by atoms with Gasteiger partial charge in [0.25, 0.3) is 5.91 Å². The molecule has 5 nitrogen and oxygen atoms in total. The Morgan fingerprint density at radius 2 is 1.79 bits per heavy atom. The summed E-state index contributed by atoms with van der Waals surface area (Å²) in [6.07, 6.45) is 2.81. The van der Waals surface area contributed by atoms with Crippen molar-refractivity contribution < 1.29 is 4.79 Å². The predicted octanol–water partition coefficient (Wildman–Crippen LogP) is 3.71. The Morgan fingerprint density at radius 1 is 1.03 bits per heavy atom. The van der Waals surface area contributed by atoms with Crippen molar-refractivity contribution in [1.82, 2.24) is 15.3 Å². The Bertz CT molecular complexity index is 987. The van der Waals surface area contributed by atoms with Gasteiger partial charge in [-0.15, -0.1) is 0 Å². The maximum Gasteiger partial charge on any atom is 0.270 e. The van der Waals surface area contributed by atoms with Gasteiger partial charge in [-0.05, 0) is 48.9 Å². The molecular formula is C24H26N4O. The molecule has 0 saturated carbocycles. The van der Waals surface area contributed by atoms with E-state index in [1.165, 1.54) is 16.7 Å². The highest BCUT2D eigenvalue weighted by atomic mass is 16.1. The largest absolute Gasteiger partial charge is 0.351 e. The Hall–Kier alpha value is -3.21. The summed E-state index contributed by atoms with van der Waals surface area (Å²) in [6.45, 7) is 4.18. The Morgan fingerprint density at radius 3 is 2.62 bits per heavy atom. The van der Waals surface area contributed by atoms with E-state index in [-0.39, 0.29) is 5.91 Å². The molecule has 1 aliphatic rings. The minimum Gasteiger partial charge on any atom is -0.351 e. The van der Waals surface area contributed by atoms with Gasteiger partial charge in [-0.3, -0.25) is 4.79 Å². The summed E-state index contributed by atoms with van der Waals surface area (Å²) >= 11 is 0. The van der Waals surface area contributed by atoms with Crippen LogP contribution in [0.3, 0.4) is 0 Å². The van der Waals surface area contributed by atoms with E-state index < -0.39 is 0 Å². The van der Waals surface area contributed by atoms with Gasteiger partial charge < -0.3 is 10.2 Å². The van der Waals surface area contributed by atoms with Crippen LogP contribution in [0.25, 0.3) is 0 Å². The molecule has 0 fully saturated rings. The summed E-state index contributed by atoms with van der Waals surface area (Å²) < 4.78 is 0. The van der Waals surface area contributed by atoms with Crippen LogP contribution >= 0.6 is 0 Å². The van der Waals surface area contributed by atoms with Crippen LogP contribution in [0.1, 0.15) is 39.3 Å². The topological polar surface area (TPSA) is 58.1 Å². The van der Waals surface area contributed by atoms with Crippen molar-refractivity contribution in [3.8, 4) is 0 Å². The Kier molecular flexibility index (Phi) is 5.84. The number of aryl methyl sites for hydroxylation is 2. The number of anilines is 1. The second-order valence-electron chi connectivity index (χ2n) is 7.48. The van der Waals surface area contributed by atoms with Gasteiger partial charge in [-0.2, -0.15) is 0 Å². The number of carbonyl (C=O) groups is 1. The highest BCUT2D eigenvalue weighted by Crippen LogP contribution is 2.22. The van der Waals surface area contributed by atoms with Gasteiger partial charge in [0.05, 0.1) is 0 Å². The van der Waals surface area contributed by atoms with Crippen LogP contribution in [-0.4, -0.2) is 29.0 Å². The van der Waals surface area contributed by atoms with Crippen LogP contribution in [0.4, 0.5) is 5.95 Å². The average Bonchev–Trinajstić information content (AvgIpc) is 2.76. The van der Waals surface area contributed by atoms with Gasteiger partial charge in [0.1, 0.15) is 5.69 Å². The zero-order chi connectivity index (χ0) is 20.1. The number of nitrogens with zero attached hydrogens (tertiary/aromatic N) is 3. The molecule has 0 saturated heterocycles. The number of amides is 1. The van der Waals surface area contributed by atoms with Gasteiger partial charge in [0.15, 0.2) is 0 Å². The van der Waals surface area contributed by atoms with E-state index in [0.717, 1.165) is 38.0 Å². The van der Waals surface area contributed by atoms with E-state index in [9.17, 15) is 4.79 Å². The highest BCUT2D eigenvalue weighted by Gasteiger charge is 2.20. The summed E-state index contributed by atoms with van der Waals surface area (Å²) in [5.74, 6) is 0.496. The van der Waals surface area contributed by atoms with Crippen LogP contribution in [-0.2, 0) is 19.4 Å². The normalized spacial score (nSPS) is 13.1. The van der Waals surface area contributed by atoms with Crippen molar-refractivity contribution in [3.05, 3.63) is 88.7 Å². The SMILES string of the molecule is Cc1cc(C(=O)NCCCc2ccccc2)nc(N2CCc3ccccc3C2)n1. The van der Waals surface area contributed by atoms with Gasteiger partial charge >= 0.3 is 0 Å². The molecule has 3 aromatic rings. The number of nitrogens with one attached hydrogen (secondary N) is 1. The number of carbonyl (C=O) groups excluding carboxylic acids is 1. The molecule has 2 heterocycles. The molecule has 29 heavy (non-hydrogen) atoms. The van der Waals surface area contributed by atoms with Crippen molar-refractivity contribution >= 4 is 11.9 Å². The molecule has 1 aliphatic heterocycles. The van der Waals surface area contributed by atoms with Crippen molar-refractivity contribution in [3.63, 3.8) is 0 Å². The molecule has 1 aromatic heterocycles. The summed E-state index contributed by atoms with van der Waals surface area (Å²) in [4.78, 5) is 23.9. The molecule has 0 spiro atoms. The maximum absolute atomic E-state index is 12.6. The van der Waals surface area contributed by atoms with Crippen LogP contribution < -0.4 is 10.2 Å². The zero-order valence-corrected chi connectivity index (χ0v) is 16.8. The smallest absolute Gasteiger partial charge is 0.270 e. The molecule has 148 valence electrons. The lowest BCUT2D eigenvalue weighted by Crippen LogP contribution is -2.33. The Labute approximate surface area is 171 Å². The van der Waals surface area contributed by atoms with E-state index in [1.807, 2.05) is 25.1 Å². The quantitative estimate of drug-likeness (QED) is 0.656. The van der Waals surface area contributed by atoms with Crippen LogP contribution in [0.15, 0.2) is 60.7 Å². The van der Waals surface area contributed by atoms with Crippen molar-refractivity contribution in [2.24, 2.45) is 0 Å². The van der Waals surface area contributed by atoms with E-state index in [4.69, 9.17) is 0 Å². The summed E-state index contributed by atoms with van der Waals surface area (Å²) in [7, 11) is 0. The maximum atomic E-state index is 12.6. The highest BCUT2D eigenvalue weighted by molar-refractivity contribution is 5.92. The van der Waals surface area contributed by atoms with Crippen LogP contribution in [0.5, 0.6) is 0 Å². The van der Waals surface area contributed by atoms with Crippen molar-refractivity contribution in [1.29, 1.82) is 0 Å².